The van der Waals surface area contributed by atoms with Crippen molar-refractivity contribution in [2.24, 2.45) is 20.0 Å². The monoisotopic (exact) mass is 742 g/mol. The molecule has 0 radical (unpaired) electrons. The summed E-state index contributed by atoms with van der Waals surface area (Å²) in [6.45, 7) is 6.15. The van der Waals surface area contributed by atoms with E-state index in [-0.39, 0.29) is 35.9 Å². The van der Waals surface area contributed by atoms with Gasteiger partial charge in [-0.2, -0.15) is 10.1 Å². The number of nitrogens with one attached hydrogen (secondary N) is 2. The molecule has 7 rings (SSSR count). The van der Waals surface area contributed by atoms with Gasteiger partial charge in [0.25, 0.3) is 0 Å². The van der Waals surface area contributed by atoms with Gasteiger partial charge in [0.05, 0.1) is 45.9 Å². The van der Waals surface area contributed by atoms with Gasteiger partial charge in [-0.15, -0.1) is 0 Å². The molecule has 53 heavy (non-hydrogen) atoms. The largest absolute Gasteiger partial charge is 0.390 e. The molecule has 3 N–H and O–H groups in total. The first kappa shape index (κ1) is 36.1. The molecule has 2 aliphatic rings. The van der Waals surface area contributed by atoms with Crippen molar-refractivity contribution in [1.29, 1.82) is 0 Å². The molecule has 15 nitrogen and oxygen atoms in total. The molecule has 0 bridgehead atoms. The zero-order chi connectivity index (χ0) is 37.9. The minimum atomic E-state index is -0.924. The highest BCUT2D eigenvalue weighted by Gasteiger charge is 2.38. The first-order valence-electron chi connectivity index (χ1n) is 17.7. The molecule has 2 fully saturated rings. The van der Waals surface area contributed by atoms with Crippen LogP contribution in [0.25, 0.3) is 21.9 Å². The number of aromatic nitrogens is 6. The van der Waals surface area contributed by atoms with Crippen molar-refractivity contribution in [3.8, 4) is 0 Å². The Balaban J connectivity index is 1.08. The van der Waals surface area contributed by atoms with Crippen LogP contribution in [0.1, 0.15) is 58.1 Å². The van der Waals surface area contributed by atoms with Crippen LogP contribution in [0, 0.1) is 5.92 Å². The summed E-state index contributed by atoms with van der Waals surface area (Å²) in [5.74, 6) is -0.788. The van der Waals surface area contributed by atoms with E-state index in [1.807, 2.05) is 55.3 Å². The number of anilines is 4. The second-order valence-electron chi connectivity index (χ2n) is 14.7. The molecule has 5 aromatic rings. The van der Waals surface area contributed by atoms with Crippen molar-refractivity contribution in [3.63, 3.8) is 0 Å². The van der Waals surface area contributed by atoms with Crippen LogP contribution in [0.2, 0.25) is 5.02 Å². The number of rotatable bonds is 9. The van der Waals surface area contributed by atoms with E-state index in [1.54, 1.807) is 46.7 Å². The second-order valence-corrected chi connectivity index (χ2v) is 15.1. The molecule has 5 heterocycles. The van der Waals surface area contributed by atoms with Crippen molar-refractivity contribution in [3.05, 3.63) is 63.8 Å². The Morgan fingerprint density at radius 2 is 1.83 bits per heavy atom. The summed E-state index contributed by atoms with van der Waals surface area (Å²) < 4.78 is 4.95. The number of hydrogen-bond acceptors (Lipinski definition) is 10. The maximum atomic E-state index is 13.9. The van der Waals surface area contributed by atoms with Crippen LogP contribution >= 0.6 is 11.6 Å². The fourth-order valence-corrected chi connectivity index (χ4v) is 7.60. The average Bonchev–Trinajstić information content (AvgIpc) is 3.56. The van der Waals surface area contributed by atoms with Crippen LogP contribution in [0.4, 0.5) is 23.1 Å². The number of imide groups is 1. The van der Waals surface area contributed by atoms with E-state index in [0.29, 0.717) is 66.0 Å². The van der Waals surface area contributed by atoms with Crippen molar-refractivity contribution in [2.75, 3.05) is 28.7 Å². The number of nitrogens with zero attached hydrogens (tertiary/aromatic N) is 8. The van der Waals surface area contributed by atoms with Crippen LogP contribution in [-0.2, 0) is 35.0 Å². The Bertz CT molecular complexity index is 2340. The summed E-state index contributed by atoms with van der Waals surface area (Å²) in [5, 5.41) is 21.7. The smallest absolute Gasteiger partial charge is 0.328 e. The van der Waals surface area contributed by atoms with E-state index in [9.17, 15) is 24.3 Å². The van der Waals surface area contributed by atoms with E-state index in [4.69, 9.17) is 16.6 Å². The van der Waals surface area contributed by atoms with Crippen molar-refractivity contribution in [1.82, 2.24) is 34.2 Å². The van der Waals surface area contributed by atoms with Gasteiger partial charge in [0, 0.05) is 63.5 Å². The summed E-state index contributed by atoms with van der Waals surface area (Å²) >= 11 is 6.57. The van der Waals surface area contributed by atoms with Crippen LogP contribution < -0.4 is 26.1 Å². The first-order chi connectivity index (χ1) is 25.1. The lowest BCUT2D eigenvalue weighted by atomic mass is 9.91. The highest BCUT2D eigenvalue weighted by molar-refractivity contribution is 6.33. The minimum Gasteiger partial charge on any atom is -0.390 e. The number of benzene rings is 2. The molecule has 3 unspecified atom stereocenters. The number of fused-ring (bicyclic) bond motifs is 2. The van der Waals surface area contributed by atoms with Crippen molar-refractivity contribution >= 4 is 74.4 Å². The summed E-state index contributed by atoms with van der Waals surface area (Å²) in [4.78, 5) is 64.2. The summed E-state index contributed by atoms with van der Waals surface area (Å²) in [6.07, 6.45) is 3.25. The highest BCUT2D eigenvalue weighted by atomic mass is 35.5. The molecule has 2 aromatic carbocycles. The van der Waals surface area contributed by atoms with Gasteiger partial charge >= 0.3 is 5.69 Å². The van der Waals surface area contributed by atoms with Gasteiger partial charge in [0.2, 0.25) is 23.7 Å². The number of hydrogen-bond donors (Lipinski definition) is 3. The van der Waals surface area contributed by atoms with E-state index >= 15 is 0 Å². The molecule has 2 aliphatic heterocycles. The number of imidazole rings is 1. The first-order valence-corrected chi connectivity index (χ1v) is 18.0. The molecule has 2 saturated heterocycles. The van der Waals surface area contributed by atoms with Crippen LogP contribution in [0.5, 0.6) is 0 Å². The third kappa shape index (κ3) is 6.74. The number of piperidine rings is 2. The van der Waals surface area contributed by atoms with Crippen LogP contribution in [0.3, 0.4) is 0 Å². The predicted molar refractivity (Wildman–Crippen MR) is 203 cm³/mol. The maximum absolute atomic E-state index is 13.9. The van der Waals surface area contributed by atoms with Gasteiger partial charge in [-0.1, -0.05) is 18.5 Å². The number of halogens is 1. The third-order valence-electron chi connectivity index (χ3n) is 10.5. The fourth-order valence-electron chi connectivity index (χ4n) is 7.46. The maximum Gasteiger partial charge on any atom is 0.328 e. The van der Waals surface area contributed by atoms with Crippen LogP contribution in [0.15, 0.2) is 47.4 Å². The average molecular weight is 743 g/mol. The van der Waals surface area contributed by atoms with Crippen molar-refractivity contribution < 1.29 is 19.5 Å². The molecule has 3 aromatic heterocycles. The number of carbonyl (C=O) groups excluding carboxylic acids is 3. The van der Waals surface area contributed by atoms with Gasteiger partial charge in [-0.05, 0) is 69.5 Å². The molecule has 16 heteroatoms. The van der Waals surface area contributed by atoms with Gasteiger partial charge in [0.15, 0.2) is 5.82 Å². The van der Waals surface area contributed by atoms with Gasteiger partial charge < -0.3 is 20.2 Å². The molecule has 0 saturated carbocycles. The normalized spacial score (nSPS) is 19.7. The Morgan fingerprint density at radius 1 is 1.06 bits per heavy atom. The third-order valence-corrected chi connectivity index (χ3v) is 10.8. The van der Waals surface area contributed by atoms with Crippen molar-refractivity contribution in [2.45, 2.75) is 70.6 Å². The Labute approximate surface area is 310 Å². The number of carbonyl (C=O) groups is 3. The molecule has 278 valence electrons. The zero-order valence-corrected chi connectivity index (χ0v) is 31.3. The standard InChI is InChI=1S/C37H43ClN10O5/c1-20-26(13-15-47(34(20)51)22-8-9-23-28(18-22)46(6)43-31(23)24-10-12-30(49)41-33(24)50)44(4)35-39-19-25(38)32(42-35)40-21-7-11-27-29(17-21)48(36(52)45(27)5)16-14-37(2,3)53/h7-9,11,17-20,24,26,53H,10,12-16H2,1-6H3,(H,39,40,42)(H,41,49,50). The van der Waals surface area contributed by atoms with E-state index in [0.717, 1.165) is 22.1 Å². The molecule has 0 aliphatic carbocycles. The predicted octanol–water partition coefficient (Wildman–Crippen LogP) is 3.97. The number of aryl methyl sites for hydroxylation is 3. The molecule has 3 atom stereocenters. The second kappa shape index (κ2) is 13.6. The Morgan fingerprint density at radius 3 is 2.57 bits per heavy atom. The van der Waals surface area contributed by atoms with E-state index in [1.165, 1.54) is 6.20 Å². The van der Waals surface area contributed by atoms with E-state index < -0.39 is 17.4 Å². The van der Waals surface area contributed by atoms with Gasteiger partial charge in [-0.25, -0.2) is 9.78 Å². The lowest BCUT2D eigenvalue weighted by Crippen LogP contribution is -2.53. The zero-order valence-electron chi connectivity index (χ0n) is 30.6. The fraction of sp³-hybridized carbons (Fsp3) is 0.432. The summed E-state index contributed by atoms with van der Waals surface area (Å²) in [5.41, 5.74) is 3.20. The van der Waals surface area contributed by atoms with Crippen LogP contribution in [-0.4, -0.2) is 76.9 Å². The number of aliphatic hydroxyl groups is 1. The van der Waals surface area contributed by atoms with Gasteiger partial charge in [0.1, 0.15) is 5.02 Å². The van der Waals surface area contributed by atoms with Gasteiger partial charge in [-0.3, -0.25) is 33.5 Å². The molecule has 0 spiro atoms. The quantitative estimate of drug-likeness (QED) is 0.188. The minimum absolute atomic E-state index is 0.0425. The summed E-state index contributed by atoms with van der Waals surface area (Å²) in [7, 11) is 5.39. The number of amides is 3. The Hall–Kier alpha value is -5.28. The summed E-state index contributed by atoms with van der Waals surface area (Å²) in [6, 6.07) is 11.1. The molecular formula is C37H43ClN10O5. The SMILES string of the molecule is CC1C(=O)N(c2ccc3c(C4CCC(=O)NC4=O)nn(C)c3c2)CCC1N(C)c1ncc(Cl)c(Nc2ccc3c(c2)n(CCC(C)(C)O)c(=O)n3C)n1. The molecule has 3 amide bonds. The topological polar surface area (TPSA) is 173 Å². The lowest BCUT2D eigenvalue weighted by molar-refractivity contribution is -0.134. The lowest BCUT2D eigenvalue weighted by Gasteiger charge is -2.40. The Kier molecular flexibility index (Phi) is 9.27. The van der Waals surface area contributed by atoms with E-state index in [2.05, 4.69) is 20.7 Å². The highest BCUT2D eigenvalue weighted by Crippen LogP contribution is 2.35. The molecular weight excluding hydrogens is 700 g/mol.